The van der Waals surface area contributed by atoms with E-state index in [1.165, 1.54) is 16.6 Å². The molecular weight excluding hydrogens is 313 g/mol. The highest BCUT2D eigenvalue weighted by molar-refractivity contribution is 5.77. The molecule has 16 heavy (non-hydrogen) atoms. The molecule has 0 amide bonds. The number of nitrogens with zero attached hydrogens (tertiary/aromatic N) is 1. The van der Waals surface area contributed by atoms with Crippen molar-refractivity contribution in [1.82, 2.24) is 0 Å². The van der Waals surface area contributed by atoms with Gasteiger partial charge >= 0.3 is 0 Å². The number of halogens is 1. The summed E-state index contributed by atoms with van der Waals surface area (Å²) in [5.74, 6) is 0.939. The molecule has 86 valence electrons. The molecule has 0 atom stereocenters. The van der Waals surface area contributed by atoms with Gasteiger partial charge in [0.2, 0.25) is 5.52 Å². The second-order valence-corrected chi connectivity index (χ2v) is 3.69. The minimum atomic E-state index is 0. The van der Waals surface area contributed by atoms with Crippen molar-refractivity contribution < 1.29 is 33.3 Å². The minimum Gasteiger partial charge on any atom is -1.00 e. The van der Waals surface area contributed by atoms with Crippen LogP contribution in [0.1, 0.15) is 12.6 Å². The molecule has 0 radical (unpaired) electrons. The summed E-state index contributed by atoms with van der Waals surface area (Å²) in [4.78, 5) is 0. The predicted octanol–water partition coefficient (Wildman–Crippen LogP) is -0.625. The number of aryl methyl sites for hydroxylation is 2. The van der Waals surface area contributed by atoms with Gasteiger partial charge in [-0.15, -0.1) is 0 Å². The molecule has 0 saturated heterocycles. The summed E-state index contributed by atoms with van der Waals surface area (Å²) in [6, 6.07) is 10.5. The predicted molar refractivity (Wildman–Crippen MR) is 61.0 cm³/mol. The summed E-state index contributed by atoms with van der Waals surface area (Å²) < 4.78 is 7.66. The first kappa shape index (κ1) is 13.2. The Morgan fingerprint density at radius 3 is 2.62 bits per heavy atom. The maximum absolute atomic E-state index is 5.47. The van der Waals surface area contributed by atoms with Crippen LogP contribution in [0.5, 0.6) is 5.75 Å². The molecular formula is C13H16INO. The van der Waals surface area contributed by atoms with Crippen molar-refractivity contribution in [3.63, 3.8) is 0 Å². The van der Waals surface area contributed by atoms with E-state index in [9.17, 15) is 0 Å². The van der Waals surface area contributed by atoms with Crippen molar-refractivity contribution in [2.75, 3.05) is 6.61 Å². The lowest BCUT2D eigenvalue weighted by Gasteiger charge is -2.04. The molecule has 1 aromatic heterocycles. The third-order valence-corrected chi connectivity index (χ3v) is 2.70. The van der Waals surface area contributed by atoms with Crippen molar-refractivity contribution in [3.05, 3.63) is 36.0 Å². The standard InChI is InChI=1S/C13H16NO.HI/c1-4-15-12-7-8-13-11(9-12)6-5-10(2)14(13)3;/h5-9H,4H2,1-3H3;1H/q+1;/p-1. The molecule has 0 aliphatic heterocycles. The van der Waals surface area contributed by atoms with E-state index in [1.54, 1.807) is 0 Å². The fraction of sp³-hybridized carbons (Fsp3) is 0.308. The third-order valence-electron chi connectivity index (χ3n) is 2.70. The van der Waals surface area contributed by atoms with E-state index in [-0.39, 0.29) is 24.0 Å². The fourth-order valence-corrected chi connectivity index (χ4v) is 1.74. The number of aromatic nitrogens is 1. The van der Waals surface area contributed by atoms with Crippen LogP contribution in [0.2, 0.25) is 0 Å². The largest absolute Gasteiger partial charge is 1.00 e. The fourth-order valence-electron chi connectivity index (χ4n) is 1.74. The summed E-state index contributed by atoms with van der Waals surface area (Å²) in [7, 11) is 2.08. The van der Waals surface area contributed by atoms with Crippen molar-refractivity contribution >= 4 is 10.9 Å². The van der Waals surface area contributed by atoms with Gasteiger partial charge in [0.25, 0.3) is 0 Å². The Kier molecular flexibility index (Phi) is 4.53. The number of fused-ring (bicyclic) bond motifs is 1. The zero-order valence-electron chi connectivity index (χ0n) is 9.83. The Morgan fingerprint density at radius 2 is 1.94 bits per heavy atom. The van der Waals surface area contributed by atoms with Gasteiger partial charge in [-0.05, 0) is 25.1 Å². The van der Waals surface area contributed by atoms with Gasteiger partial charge in [-0.3, -0.25) is 0 Å². The maximum Gasteiger partial charge on any atom is 0.212 e. The average Bonchev–Trinajstić information content (AvgIpc) is 2.24. The third kappa shape index (κ3) is 2.45. The van der Waals surface area contributed by atoms with Gasteiger partial charge in [-0.1, -0.05) is 0 Å². The highest BCUT2D eigenvalue weighted by Crippen LogP contribution is 2.18. The molecule has 0 unspecified atom stereocenters. The van der Waals surface area contributed by atoms with E-state index in [2.05, 4.69) is 42.8 Å². The van der Waals surface area contributed by atoms with Crippen molar-refractivity contribution in [1.29, 1.82) is 0 Å². The van der Waals surface area contributed by atoms with Gasteiger partial charge in [0.1, 0.15) is 12.8 Å². The molecule has 0 saturated carbocycles. The van der Waals surface area contributed by atoms with Crippen LogP contribution in [-0.2, 0) is 7.05 Å². The number of hydrogen-bond donors (Lipinski definition) is 0. The average molecular weight is 329 g/mol. The maximum atomic E-state index is 5.47. The molecule has 2 nitrogen and oxygen atoms in total. The first-order valence-electron chi connectivity index (χ1n) is 5.24. The van der Waals surface area contributed by atoms with Crippen LogP contribution >= 0.6 is 0 Å². The number of hydrogen-bond acceptors (Lipinski definition) is 1. The lowest BCUT2D eigenvalue weighted by atomic mass is 10.2. The second kappa shape index (κ2) is 5.48. The quantitative estimate of drug-likeness (QED) is 0.529. The Bertz CT molecular complexity index is 497. The zero-order chi connectivity index (χ0) is 10.8. The summed E-state index contributed by atoms with van der Waals surface area (Å²) in [5.41, 5.74) is 2.49. The molecule has 1 heterocycles. The molecule has 0 aliphatic rings. The Balaban J connectivity index is 0.00000128. The van der Waals surface area contributed by atoms with E-state index in [0.29, 0.717) is 6.61 Å². The Morgan fingerprint density at radius 1 is 1.19 bits per heavy atom. The van der Waals surface area contributed by atoms with E-state index in [4.69, 9.17) is 4.74 Å². The Labute approximate surface area is 113 Å². The SMILES string of the molecule is CCOc1ccc2c(ccc(C)[n+]2C)c1.[I-]. The van der Waals surface area contributed by atoms with Crippen LogP contribution < -0.4 is 33.3 Å². The van der Waals surface area contributed by atoms with Crippen LogP contribution in [0.15, 0.2) is 30.3 Å². The number of rotatable bonds is 2. The normalized spacial score (nSPS) is 9.94. The van der Waals surface area contributed by atoms with Crippen molar-refractivity contribution in [2.45, 2.75) is 13.8 Å². The van der Waals surface area contributed by atoms with Crippen molar-refractivity contribution in [3.8, 4) is 5.75 Å². The second-order valence-electron chi connectivity index (χ2n) is 3.69. The number of benzene rings is 1. The van der Waals surface area contributed by atoms with Crippen molar-refractivity contribution in [2.24, 2.45) is 7.05 Å². The van der Waals surface area contributed by atoms with Gasteiger partial charge in [0, 0.05) is 19.1 Å². The van der Waals surface area contributed by atoms with Gasteiger partial charge in [-0.2, -0.15) is 4.57 Å². The lowest BCUT2D eigenvalue weighted by Crippen LogP contribution is -3.00. The molecule has 0 aliphatic carbocycles. The smallest absolute Gasteiger partial charge is 0.212 e. The summed E-state index contributed by atoms with van der Waals surface area (Å²) in [6.07, 6.45) is 0. The first-order valence-corrected chi connectivity index (χ1v) is 5.24. The molecule has 0 spiro atoms. The van der Waals surface area contributed by atoms with E-state index >= 15 is 0 Å². The molecule has 3 heteroatoms. The van der Waals surface area contributed by atoms with Crippen LogP contribution in [-0.4, -0.2) is 6.61 Å². The zero-order valence-corrected chi connectivity index (χ0v) is 12.0. The van der Waals surface area contributed by atoms with Crippen LogP contribution in [0.4, 0.5) is 0 Å². The summed E-state index contributed by atoms with van der Waals surface area (Å²) >= 11 is 0. The number of ether oxygens (including phenoxy) is 1. The van der Waals surface area contributed by atoms with Gasteiger partial charge in [0.15, 0.2) is 5.69 Å². The topological polar surface area (TPSA) is 13.1 Å². The van der Waals surface area contributed by atoms with E-state index < -0.39 is 0 Å². The molecule has 0 N–H and O–H groups in total. The highest BCUT2D eigenvalue weighted by atomic mass is 127. The summed E-state index contributed by atoms with van der Waals surface area (Å²) in [5, 5.41) is 1.22. The minimum absolute atomic E-state index is 0. The highest BCUT2D eigenvalue weighted by Gasteiger charge is 2.08. The van der Waals surface area contributed by atoms with Gasteiger partial charge < -0.3 is 28.7 Å². The lowest BCUT2D eigenvalue weighted by molar-refractivity contribution is -0.651. The van der Waals surface area contributed by atoms with Crippen LogP contribution in [0, 0.1) is 6.92 Å². The first-order chi connectivity index (χ1) is 7.22. The molecule has 0 fully saturated rings. The van der Waals surface area contributed by atoms with E-state index in [1.807, 2.05) is 13.0 Å². The van der Waals surface area contributed by atoms with E-state index in [0.717, 1.165) is 5.75 Å². The molecule has 2 aromatic rings. The molecule has 0 bridgehead atoms. The van der Waals surface area contributed by atoms with Crippen LogP contribution in [0.3, 0.4) is 0 Å². The van der Waals surface area contributed by atoms with Crippen LogP contribution in [0.25, 0.3) is 10.9 Å². The van der Waals surface area contributed by atoms with Gasteiger partial charge in [-0.25, -0.2) is 0 Å². The molecule has 2 rings (SSSR count). The summed E-state index contributed by atoms with van der Waals surface area (Å²) in [6.45, 7) is 4.82. The number of pyridine rings is 1. The monoisotopic (exact) mass is 329 g/mol. The van der Waals surface area contributed by atoms with Gasteiger partial charge in [0.05, 0.1) is 12.0 Å². The molecule has 1 aromatic carbocycles. The Hall–Kier alpha value is -0.840.